The largest absolute Gasteiger partial charge is 0.368 e. The second-order valence-electron chi connectivity index (χ2n) is 7.64. The molecule has 0 saturated carbocycles. The van der Waals surface area contributed by atoms with E-state index in [4.69, 9.17) is 23.2 Å². The van der Waals surface area contributed by atoms with Gasteiger partial charge in [0.05, 0.1) is 6.42 Å². The zero-order valence-electron chi connectivity index (χ0n) is 16.7. The molecule has 8 nitrogen and oxygen atoms in total. The van der Waals surface area contributed by atoms with Crippen molar-refractivity contribution in [3.8, 4) is 0 Å². The molecule has 2 saturated heterocycles. The van der Waals surface area contributed by atoms with Crippen LogP contribution in [-0.4, -0.2) is 66.7 Å². The fraction of sp³-hybridized carbons (Fsp3) is 0.500. The van der Waals surface area contributed by atoms with Crippen molar-refractivity contribution in [1.29, 1.82) is 0 Å². The van der Waals surface area contributed by atoms with E-state index in [0.717, 1.165) is 5.69 Å². The van der Waals surface area contributed by atoms with Crippen molar-refractivity contribution in [1.82, 2.24) is 15.5 Å². The number of piperazine rings is 1. The van der Waals surface area contributed by atoms with Crippen LogP contribution in [-0.2, 0) is 19.2 Å². The summed E-state index contributed by atoms with van der Waals surface area (Å²) < 4.78 is 0. The number of nitrogens with zero attached hydrogens (tertiary/aromatic N) is 2. The molecule has 2 heterocycles. The SMILES string of the molecule is CC(=O)NCC1(CCC(=O)N2CCN(c3cc(Cl)cc(Cl)c3)CC2)NC(=O)CC1=O. The third-order valence-corrected chi connectivity index (χ3v) is 5.92. The first-order valence-corrected chi connectivity index (χ1v) is 10.5. The van der Waals surface area contributed by atoms with Crippen molar-refractivity contribution in [2.75, 3.05) is 37.6 Å². The van der Waals surface area contributed by atoms with Crippen LogP contribution in [0.1, 0.15) is 26.2 Å². The molecule has 0 aliphatic carbocycles. The summed E-state index contributed by atoms with van der Waals surface area (Å²) >= 11 is 12.1. The molecule has 2 aliphatic heterocycles. The normalized spacial score (nSPS) is 21.6. The molecular formula is C20H24Cl2N4O4. The predicted molar refractivity (Wildman–Crippen MR) is 114 cm³/mol. The quantitative estimate of drug-likeness (QED) is 0.632. The summed E-state index contributed by atoms with van der Waals surface area (Å²) in [7, 11) is 0. The summed E-state index contributed by atoms with van der Waals surface area (Å²) in [5, 5.41) is 6.37. The van der Waals surface area contributed by atoms with E-state index in [1.807, 2.05) is 12.1 Å². The van der Waals surface area contributed by atoms with Gasteiger partial charge in [-0.05, 0) is 24.6 Å². The van der Waals surface area contributed by atoms with Gasteiger partial charge in [0.1, 0.15) is 5.54 Å². The number of anilines is 1. The summed E-state index contributed by atoms with van der Waals surface area (Å²) in [5.74, 6) is -1.06. The van der Waals surface area contributed by atoms with E-state index in [1.165, 1.54) is 6.92 Å². The number of hydrogen-bond acceptors (Lipinski definition) is 5. The average molecular weight is 455 g/mol. The molecule has 1 atom stereocenters. The Kier molecular flexibility index (Phi) is 6.88. The summed E-state index contributed by atoms with van der Waals surface area (Å²) in [6, 6.07) is 5.35. The lowest BCUT2D eigenvalue weighted by atomic mass is 9.89. The zero-order chi connectivity index (χ0) is 21.9. The maximum absolute atomic E-state index is 12.7. The van der Waals surface area contributed by atoms with Crippen LogP contribution in [0.4, 0.5) is 5.69 Å². The van der Waals surface area contributed by atoms with Crippen molar-refractivity contribution in [2.24, 2.45) is 0 Å². The number of Topliss-reactive ketones (excluding diaryl/α,β-unsaturated/α-hetero) is 1. The first kappa shape index (κ1) is 22.4. The monoisotopic (exact) mass is 454 g/mol. The van der Waals surface area contributed by atoms with Crippen molar-refractivity contribution >= 4 is 52.4 Å². The van der Waals surface area contributed by atoms with Gasteiger partial charge in [0.25, 0.3) is 0 Å². The van der Waals surface area contributed by atoms with Gasteiger partial charge in [-0.3, -0.25) is 19.2 Å². The van der Waals surface area contributed by atoms with E-state index in [9.17, 15) is 19.2 Å². The van der Waals surface area contributed by atoms with Crippen LogP contribution in [0.2, 0.25) is 10.0 Å². The van der Waals surface area contributed by atoms with Crippen LogP contribution in [0.3, 0.4) is 0 Å². The first-order valence-electron chi connectivity index (χ1n) is 9.76. The highest BCUT2D eigenvalue weighted by Crippen LogP contribution is 2.27. The second-order valence-corrected chi connectivity index (χ2v) is 8.51. The van der Waals surface area contributed by atoms with Gasteiger partial charge in [0, 0.05) is 61.8 Å². The number of ketones is 1. The number of benzene rings is 1. The molecule has 0 bridgehead atoms. The van der Waals surface area contributed by atoms with Crippen LogP contribution in [0.25, 0.3) is 0 Å². The number of rotatable bonds is 6. The Morgan fingerprint density at radius 2 is 1.73 bits per heavy atom. The van der Waals surface area contributed by atoms with Gasteiger partial charge in [0.15, 0.2) is 5.78 Å². The van der Waals surface area contributed by atoms with Crippen molar-refractivity contribution in [3.05, 3.63) is 28.2 Å². The molecule has 10 heteroatoms. The molecule has 2 N–H and O–H groups in total. The van der Waals surface area contributed by atoms with Crippen LogP contribution in [0.5, 0.6) is 0 Å². The van der Waals surface area contributed by atoms with Crippen molar-refractivity contribution in [3.63, 3.8) is 0 Å². The molecule has 1 aromatic carbocycles. The highest BCUT2D eigenvalue weighted by molar-refractivity contribution is 6.35. The maximum atomic E-state index is 12.7. The number of nitrogens with one attached hydrogen (secondary N) is 2. The van der Waals surface area contributed by atoms with Crippen molar-refractivity contribution < 1.29 is 19.2 Å². The highest BCUT2D eigenvalue weighted by atomic mass is 35.5. The number of hydrogen-bond donors (Lipinski definition) is 2. The Morgan fingerprint density at radius 3 is 2.27 bits per heavy atom. The smallest absolute Gasteiger partial charge is 0.228 e. The third-order valence-electron chi connectivity index (χ3n) is 5.48. The summed E-state index contributed by atoms with van der Waals surface area (Å²) in [4.78, 5) is 52.0. The Labute approximate surface area is 184 Å². The van der Waals surface area contributed by atoms with Gasteiger partial charge in [0.2, 0.25) is 17.7 Å². The van der Waals surface area contributed by atoms with Crippen LogP contribution >= 0.6 is 23.2 Å². The van der Waals surface area contributed by atoms with E-state index >= 15 is 0 Å². The van der Waals surface area contributed by atoms with Gasteiger partial charge in [-0.15, -0.1) is 0 Å². The van der Waals surface area contributed by atoms with Crippen LogP contribution in [0.15, 0.2) is 18.2 Å². The van der Waals surface area contributed by atoms with Gasteiger partial charge >= 0.3 is 0 Å². The fourth-order valence-electron chi connectivity index (χ4n) is 3.82. The molecule has 162 valence electrons. The lowest BCUT2D eigenvalue weighted by molar-refractivity contribution is -0.132. The minimum Gasteiger partial charge on any atom is -0.368 e. The van der Waals surface area contributed by atoms with Gasteiger partial charge in [-0.1, -0.05) is 23.2 Å². The number of amides is 3. The molecule has 0 aromatic heterocycles. The molecule has 3 amide bonds. The number of carbonyl (C=O) groups is 4. The summed E-state index contributed by atoms with van der Waals surface area (Å²) in [6.07, 6.45) is 0.0318. The topological polar surface area (TPSA) is 98.8 Å². The van der Waals surface area contributed by atoms with E-state index in [0.29, 0.717) is 36.2 Å². The Hall–Kier alpha value is -2.32. The summed E-state index contributed by atoms with van der Waals surface area (Å²) in [5.41, 5.74) is -0.300. The predicted octanol–water partition coefficient (Wildman–Crippen LogP) is 1.39. The Balaban J connectivity index is 1.56. The van der Waals surface area contributed by atoms with E-state index in [2.05, 4.69) is 15.5 Å². The lowest BCUT2D eigenvalue weighted by Crippen LogP contribution is -2.55. The molecule has 1 aromatic rings. The molecule has 0 radical (unpaired) electrons. The van der Waals surface area contributed by atoms with Gasteiger partial charge in [-0.25, -0.2) is 0 Å². The minimum absolute atomic E-state index is 0.0104. The first-order chi connectivity index (χ1) is 14.2. The van der Waals surface area contributed by atoms with E-state index in [1.54, 1.807) is 11.0 Å². The minimum atomic E-state index is -1.21. The molecule has 0 spiro atoms. The Bertz CT molecular complexity index is 850. The zero-order valence-corrected chi connectivity index (χ0v) is 18.2. The van der Waals surface area contributed by atoms with Gasteiger partial charge in [-0.2, -0.15) is 0 Å². The second kappa shape index (κ2) is 9.22. The molecule has 30 heavy (non-hydrogen) atoms. The molecule has 2 fully saturated rings. The third kappa shape index (κ3) is 5.23. The molecule has 1 unspecified atom stereocenters. The van der Waals surface area contributed by atoms with E-state index in [-0.39, 0.29) is 49.3 Å². The average Bonchev–Trinajstić information content (AvgIpc) is 2.97. The number of carbonyl (C=O) groups excluding carboxylic acids is 4. The highest BCUT2D eigenvalue weighted by Gasteiger charge is 2.46. The molecule has 3 rings (SSSR count). The van der Waals surface area contributed by atoms with Crippen molar-refractivity contribution in [2.45, 2.75) is 31.7 Å². The Morgan fingerprint density at radius 1 is 1.10 bits per heavy atom. The molecular weight excluding hydrogens is 431 g/mol. The van der Waals surface area contributed by atoms with Crippen LogP contribution in [0, 0.1) is 0 Å². The fourth-order valence-corrected chi connectivity index (χ4v) is 4.33. The maximum Gasteiger partial charge on any atom is 0.228 e. The van der Waals surface area contributed by atoms with Gasteiger partial charge < -0.3 is 20.4 Å². The summed E-state index contributed by atoms with van der Waals surface area (Å²) in [6.45, 7) is 3.66. The standard InChI is InChI=1S/C20H24Cl2N4O4/c1-13(27)23-12-20(17(28)11-18(29)24-20)3-2-19(30)26-6-4-25(5-7-26)16-9-14(21)8-15(22)10-16/h8-10H,2-7,11-12H2,1H3,(H,23,27)(H,24,29). The molecule has 2 aliphatic rings. The lowest BCUT2D eigenvalue weighted by Gasteiger charge is -2.37. The van der Waals surface area contributed by atoms with E-state index < -0.39 is 5.54 Å². The van der Waals surface area contributed by atoms with Crippen LogP contribution < -0.4 is 15.5 Å². The number of halogens is 2.